The maximum absolute atomic E-state index is 11.3. The number of hydrogen-bond donors (Lipinski definition) is 0. The van der Waals surface area contributed by atoms with E-state index in [9.17, 15) is 4.79 Å². The van der Waals surface area contributed by atoms with E-state index >= 15 is 0 Å². The zero-order chi connectivity index (χ0) is 11.1. The SMILES string of the molecule is CCOC(CCC(=O)N(C)C)=[N+](C)C. The van der Waals surface area contributed by atoms with Gasteiger partial charge in [0.2, 0.25) is 5.91 Å². The average Bonchev–Trinajstić information content (AvgIpc) is 2.10. The molecule has 0 fully saturated rings. The molecule has 0 aromatic heterocycles. The van der Waals surface area contributed by atoms with E-state index < -0.39 is 0 Å². The van der Waals surface area contributed by atoms with Crippen molar-refractivity contribution in [3.8, 4) is 0 Å². The number of amides is 1. The van der Waals surface area contributed by atoms with E-state index in [4.69, 9.17) is 4.74 Å². The van der Waals surface area contributed by atoms with Crippen molar-refractivity contribution in [3.63, 3.8) is 0 Å². The van der Waals surface area contributed by atoms with Gasteiger partial charge < -0.3 is 9.64 Å². The van der Waals surface area contributed by atoms with E-state index in [2.05, 4.69) is 0 Å². The number of ether oxygens (including phenoxy) is 1. The number of carbonyl (C=O) groups is 1. The molecule has 14 heavy (non-hydrogen) atoms. The number of carbonyl (C=O) groups excluding carboxylic acids is 1. The Morgan fingerprint density at radius 2 is 1.86 bits per heavy atom. The predicted molar refractivity (Wildman–Crippen MR) is 56.7 cm³/mol. The Labute approximate surface area is 86.2 Å². The highest BCUT2D eigenvalue weighted by Gasteiger charge is 2.13. The van der Waals surface area contributed by atoms with Gasteiger partial charge in [-0.3, -0.25) is 4.79 Å². The Morgan fingerprint density at radius 1 is 1.29 bits per heavy atom. The minimum absolute atomic E-state index is 0.129. The molecule has 4 nitrogen and oxygen atoms in total. The normalized spacial score (nSPS) is 9.50. The van der Waals surface area contributed by atoms with Gasteiger partial charge in [-0.05, 0) is 6.92 Å². The van der Waals surface area contributed by atoms with Crippen LogP contribution in [0.15, 0.2) is 0 Å². The van der Waals surface area contributed by atoms with Gasteiger partial charge in [0.1, 0.15) is 14.1 Å². The molecule has 0 unspecified atom stereocenters. The van der Waals surface area contributed by atoms with Crippen LogP contribution in [0.3, 0.4) is 0 Å². The van der Waals surface area contributed by atoms with Crippen molar-refractivity contribution < 1.29 is 14.1 Å². The molecule has 0 aromatic carbocycles. The number of rotatable bonds is 4. The Bertz CT molecular complexity index is 218. The first kappa shape index (κ1) is 12.9. The zero-order valence-electron chi connectivity index (χ0n) is 9.83. The van der Waals surface area contributed by atoms with Crippen LogP contribution in [0.4, 0.5) is 0 Å². The van der Waals surface area contributed by atoms with Crippen LogP contribution in [-0.4, -0.2) is 56.1 Å². The summed E-state index contributed by atoms with van der Waals surface area (Å²) in [6, 6.07) is 0. The van der Waals surface area contributed by atoms with Gasteiger partial charge in [0.25, 0.3) is 0 Å². The van der Waals surface area contributed by atoms with E-state index in [0.717, 1.165) is 5.90 Å². The van der Waals surface area contributed by atoms with Crippen molar-refractivity contribution in [2.24, 2.45) is 0 Å². The van der Waals surface area contributed by atoms with Gasteiger partial charge in [0.15, 0.2) is 0 Å². The Morgan fingerprint density at radius 3 is 2.21 bits per heavy atom. The van der Waals surface area contributed by atoms with E-state index in [-0.39, 0.29) is 5.91 Å². The number of nitrogens with zero attached hydrogens (tertiary/aromatic N) is 2. The minimum Gasteiger partial charge on any atom is -0.448 e. The maximum Gasteiger partial charge on any atom is 0.336 e. The van der Waals surface area contributed by atoms with E-state index in [1.54, 1.807) is 19.0 Å². The lowest BCUT2D eigenvalue weighted by Crippen LogP contribution is -2.24. The second kappa shape index (κ2) is 6.40. The topological polar surface area (TPSA) is 32.5 Å². The molecule has 0 aliphatic rings. The highest BCUT2D eigenvalue weighted by Crippen LogP contribution is 1.97. The smallest absolute Gasteiger partial charge is 0.336 e. The largest absolute Gasteiger partial charge is 0.448 e. The van der Waals surface area contributed by atoms with E-state index in [1.807, 2.05) is 25.6 Å². The van der Waals surface area contributed by atoms with Crippen molar-refractivity contribution in [2.75, 3.05) is 34.8 Å². The Balaban J connectivity index is 4.09. The first-order valence-corrected chi connectivity index (χ1v) is 4.85. The summed E-state index contributed by atoms with van der Waals surface area (Å²) in [5.74, 6) is 0.992. The maximum atomic E-state index is 11.3. The summed E-state index contributed by atoms with van der Waals surface area (Å²) in [6.07, 6.45) is 1.17. The monoisotopic (exact) mass is 201 g/mol. The molecule has 0 heterocycles. The Kier molecular flexibility index (Phi) is 5.92. The second-order valence-corrected chi connectivity index (χ2v) is 3.51. The summed E-state index contributed by atoms with van der Waals surface area (Å²) in [4.78, 5) is 12.9. The molecule has 82 valence electrons. The van der Waals surface area contributed by atoms with Crippen LogP contribution in [0.1, 0.15) is 19.8 Å². The van der Waals surface area contributed by atoms with E-state index in [1.165, 1.54) is 0 Å². The van der Waals surface area contributed by atoms with Gasteiger partial charge in [-0.1, -0.05) is 0 Å². The molecule has 0 rings (SSSR count). The van der Waals surface area contributed by atoms with Crippen LogP contribution in [0.5, 0.6) is 0 Å². The first-order chi connectivity index (χ1) is 6.49. The highest BCUT2D eigenvalue weighted by atomic mass is 16.5. The first-order valence-electron chi connectivity index (χ1n) is 4.85. The quantitative estimate of drug-likeness (QED) is 0.378. The van der Waals surface area contributed by atoms with Crippen molar-refractivity contribution in [2.45, 2.75) is 19.8 Å². The molecule has 0 saturated heterocycles. The Hall–Kier alpha value is -1.06. The van der Waals surface area contributed by atoms with Crippen molar-refractivity contribution in [1.82, 2.24) is 4.90 Å². The van der Waals surface area contributed by atoms with E-state index in [0.29, 0.717) is 19.4 Å². The summed E-state index contributed by atoms with van der Waals surface area (Å²) in [7, 11) is 7.37. The lowest BCUT2D eigenvalue weighted by atomic mass is 10.3. The molecule has 0 N–H and O–H groups in total. The zero-order valence-corrected chi connectivity index (χ0v) is 9.83. The lowest BCUT2D eigenvalue weighted by Gasteiger charge is -2.09. The fourth-order valence-electron chi connectivity index (χ4n) is 1.03. The molecule has 1 amide bonds. The second-order valence-electron chi connectivity index (χ2n) is 3.51. The van der Waals surface area contributed by atoms with Crippen molar-refractivity contribution in [1.29, 1.82) is 0 Å². The van der Waals surface area contributed by atoms with Crippen molar-refractivity contribution in [3.05, 3.63) is 0 Å². The van der Waals surface area contributed by atoms with Crippen LogP contribution in [-0.2, 0) is 9.53 Å². The third-order valence-corrected chi connectivity index (χ3v) is 1.86. The predicted octanol–water partition coefficient (Wildman–Crippen LogP) is 0.562. The highest BCUT2D eigenvalue weighted by molar-refractivity contribution is 5.81. The van der Waals surface area contributed by atoms with Gasteiger partial charge in [-0.15, -0.1) is 0 Å². The van der Waals surface area contributed by atoms with Crippen LogP contribution >= 0.6 is 0 Å². The standard InChI is InChI=1S/C10H21N2O2/c1-6-14-10(12(4)5)8-7-9(13)11(2)3/h6-8H2,1-5H3/q+1. The molecule has 0 spiro atoms. The molecule has 0 aliphatic carbocycles. The molecule has 0 bridgehead atoms. The van der Waals surface area contributed by atoms with Gasteiger partial charge in [-0.25, -0.2) is 4.58 Å². The molecule has 4 heteroatoms. The van der Waals surface area contributed by atoms with Crippen LogP contribution in [0.2, 0.25) is 0 Å². The number of hydrogen-bond acceptors (Lipinski definition) is 2. The minimum atomic E-state index is 0.129. The summed E-state index contributed by atoms with van der Waals surface area (Å²) in [5.41, 5.74) is 0. The lowest BCUT2D eigenvalue weighted by molar-refractivity contribution is -0.475. The summed E-state index contributed by atoms with van der Waals surface area (Å²) >= 11 is 0. The molecule has 0 aromatic rings. The van der Waals surface area contributed by atoms with Gasteiger partial charge in [0, 0.05) is 20.5 Å². The van der Waals surface area contributed by atoms with Gasteiger partial charge >= 0.3 is 5.90 Å². The molecular weight excluding hydrogens is 180 g/mol. The fourth-order valence-corrected chi connectivity index (χ4v) is 1.03. The average molecular weight is 201 g/mol. The third-order valence-electron chi connectivity index (χ3n) is 1.86. The summed E-state index contributed by atoms with van der Waals surface area (Å²) < 4.78 is 7.31. The molecule has 0 aliphatic heterocycles. The van der Waals surface area contributed by atoms with Crippen LogP contribution in [0.25, 0.3) is 0 Å². The molecule has 0 atom stereocenters. The molecular formula is C10H21N2O2+. The molecule has 0 radical (unpaired) electrons. The van der Waals surface area contributed by atoms with Crippen LogP contribution < -0.4 is 0 Å². The van der Waals surface area contributed by atoms with Gasteiger partial charge in [0.05, 0.1) is 13.0 Å². The summed E-state index contributed by atoms with van der Waals surface area (Å²) in [5, 5.41) is 0. The fraction of sp³-hybridized carbons (Fsp3) is 0.800. The van der Waals surface area contributed by atoms with Crippen molar-refractivity contribution >= 4 is 11.8 Å². The third kappa shape index (κ3) is 4.84. The molecule has 0 saturated carbocycles. The van der Waals surface area contributed by atoms with Gasteiger partial charge in [-0.2, -0.15) is 0 Å². The van der Waals surface area contributed by atoms with Crippen LogP contribution in [0, 0.1) is 0 Å². The summed E-state index contributed by atoms with van der Waals surface area (Å²) in [6.45, 7) is 2.58.